The third-order valence-corrected chi connectivity index (χ3v) is 6.64. The molecule has 0 amide bonds. The Hall–Kier alpha value is -0.773. The number of hydrogen-bond donors (Lipinski definition) is 0. The molecule has 0 bridgehead atoms. The fourth-order valence-corrected chi connectivity index (χ4v) is 2.97. The summed E-state index contributed by atoms with van der Waals surface area (Å²) >= 11 is 0. The lowest BCUT2D eigenvalue weighted by molar-refractivity contribution is -0.440. The molecule has 0 aromatic rings. The maximum atomic E-state index is 13.5. The van der Waals surface area contributed by atoms with Crippen LogP contribution in [0.2, 0.25) is 12.6 Å². The predicted molar refractivity (Wildman–Crippen MR) is 65.9 cm³/mol. The molecule has 2 nitrogen and oxygen atoms in total. The van der Waals surface area contributed by atoms with E-state index in [9.17, 15) is 57.1 Å². The van der Waals surface area contributed by atoms with E-state index in [1.165, 1.54) is 0 Å². The normalized spacial score (nSPS) is 16.0. The van der Waals surface area contributed by atoms with Crippen molar-refractivity contribution in [1.82, 2.24) is 0 Å². The van der Waals surface area contributed by atoms with E-state index in [0.717, 1.165) is 20.8 Å². The SMILES string of the molecule is CO[Si](C)(CCC(F)(F)C(F)(F)C(F)(F)C(F)(F)C(F)(F)C(F)(F)F)OC. The zero-order valence-electron chi connectivity index (χ0n) is 13.6. The highest BCUT2D eigenvalue weighted by Crippen LogP contribution is 2.60. The van der Waals surface area contributed by atoms with Crippen LogP contribution in [0.1, 0.15) is 6.42 Å². The standard InChI is InChI=1S/C11H13F13O2Si/c1-25-27(3,26-2)5-4-6(12,13)7(14,15)8(16,17)9(18,19)10(20,21)11(22,23)24/h4-5H2,1-3H3. The molecule has 0 N–H and O–H groups in total. The van der Waals surface area contributed by atoms with E-state index < -0.39 is 56.8 Å². The Morgan fingerprint density at radius 2 is 0.926 bits per heavy atom. The Balaban J connectivity index is 6.01. The van der Waals surface area contributed by atoms with Gasteiger partial charge in [0.05, 0.1) is 0 Å². The van der Waals surface area contributed by atoms with Gasteiger partial charge in [0.15, 0.2) is 0 Å². The van der Waals surface area contributed by atoms with Gasteiger partial charge < -0.3 is 8.85 Å². The minimum atomic E-state index is -7.88. The highest BCUT2D eigenvalue weighted by atomic mass is 28.4. The third-order valence-electron chi connectivity index (χ3n) is 3.76. The van der Waals surface area contributed by atoms with Crippen LogP contribution in [0.3, 0.4) is 0 Å². The summed E-state index contributed by atoms with van der Waals surface area (Å²) in [6.45, 7) is 0.992. The molecule has 0 unspecified atom stereocenters. The summed E-state index contributed by atoms with van der Waals surface area (Å²) in [5.41, 5.74) is 0. The van der Waals surface area contributed by atoms with Gasteiger partial charge in [-0.1, -0.05) is 0 Å². The molecule has 0 atom stereocenters. The van der Waals surface area contributed by atoms with Crippen molar-refractivity contribution >= 4 is 8.56 Å². The summed E-state index contributed by atoms with van der Waals surface area (Å²) in [5, 5.41) is 0. The molecule has 0 fully saturated rings. The first-order valence-electron chi connectivity index (χ1n) is 6.64. The summed E-state index contributed by atoms with van der Waals surface area (Å²) in [6, 6.07) is -1.19. The Bertz CT molecular complexity index is 513. The maximum absolute atomic E-state index is 13.5. The van der Waals surface area contributed by atoms with Crippen LogP contribution in [-0.2, 0) is 8.85 Å². The van der Waals surface area contributed by atoms with Crippen LogP contribution < -0.4 is 0 Å². The highest BCUT2D eigenvalue weighted by molar-refractivity contribution is 6.65. The molecule has 0 aliphatic carbocycles. The first-order valence-corrected chi connectivity index (χ1v) is 9.16. The van der Waals surface area contributed by atoms with Crippen molar-refractivity contribution in [3.05, 3.63) is 0 Å². The van der Waals surface area contributed by atoms with Gasteiger partial charge >= 0.3 is 44.3 Å². The molecule has 0 saturated carbocycles. The van der Waals surface area contributed by atoms with Crippen molar-refractivity contribution in [2.75, 3.05) is 14.2 Å². The molecule has 0 saturated heterocycles. The second kappa shape index (κ2) is 7.24. The molecular formula is C11H13F13O2Si. The molecular weight excluding hydrogens is 439 g/mol. The van der Waals surface area contributed by atoms with E-state index >= 15 is 0 Å². The van der Waals surface area contributed by atoms with Crippen LogP contribution in [0.5, 0.6) is 0 Å². The molecule has 164 valence electrons. The minimum absolute atomic E-state index is 0.874. The lowest BCUT2D eigenvalue weighted by Crippen LogP contribution is -2.70. The van der Waals surface area contributed by atoms with Crippen LogP contribution >= 0.6 is 0 Å². The van der Waals surface area contributed by atoms with Gasteiger partial charge in [0.2, 0.25) is 0 Å². The van der Waals surface area contributed by atoms with Crippen molar-refractivity contribution in [1.29, 1.82) is 0 Å². The molecule has 0 heterocycles. The lowest BCUT2D eigenvalue weighted by atomic mass is 9.93. The van der Waals surface area contributed by atoms with Gasteiger partial charge in [-0.2, -0.15) is 57.1 Å². The van der Waals surface area contributed by atoms with Gasteiger partial charge in [0.1, 0.15) is 0 Å². The Morgan fingerprint density at radius 3 is 1.22 bits per heavy atom. The van der Waals surface area contributed by atoms with Gasteiger partial charge in [-0.05, 0) is 12.6 Å². The monoisotopic (exact) mass is 452 g/mol. The second-order valence-electron chi connectivity index (χ2n) is 5.54. The summed E-state index contributed by atoms with van der Waals surface area (Å²) in [6.07, 6.45) is -9.73. The zero-order chi connectivity index (χ0) is 22.3. The quantitative estimate of drug-likeness (QED) is 0.341. The van der Waals surface area contributed by atoms with E-state index in [1.807, 2.05) is 0 Å². The number of hydrogen-bond acceptors (Lipinski definition) is 2. The van der Waals surface area contributed by atoms with Crippen LogP contribution in [0, 0.1) is 0 Å². The van der Waals surface area contributed by atoms with E-state index in [-0.39, 0.29) is 0 Å². The zero-order valence-corrected chi connectivity index (χ0v) is 14.6. The average Bonchev–Trinajstić information content (AvgIpc) is 2.50. The van der Waals surface area contributed by atoms with Gasteiger partial charge in [-0.25, -0.2) is 0 Å². The van der Waals surface area contributed by atoms with E-state index in [4.69, 9.17) is 0 Å². The second-order valence-corrected chi connectivity index (χ2v) is 9.13. The number of halogens is 13. The molecule has 0 aromatic carbocycles. The number of rotatable bonds is 9. The maximum Gasteiger partial charge on any atom is 0.460 e. The van der Waals surface area contributed by atoms with E-state index in [2.05, 4.69) is 8.85 Å². The molecule has 27 heavy (non-hydrogen) atoms. The lowest BCUT2D eigenvalue weighted by Gasteiger charge is -2.40. The van der Waals surface area contributed by atoms with Crippen molar-refractivity contribution in [2.45, 2.75) is 54.8 Å². The van der Waals surface area contributed by atoms with Gasteiger partial charge in [-0.3, -0.25) is 0 Å². The molecule has 16 heteroatoms. The molecule has 0 aromatic heterocycles. The van der Waals surface area contributed by atoms with Crippen LogP contribution in [0.25, 0.3) is 0 Å². The molecule has 0 aliphatic rings. The Labute approximate surface area is 144 Å². The molecule has 0 spiro atoms. The van der Waals surface area contributed by atoms with Gasteiger partial charge in [0.25, 0.3) is 0 Å². The van der Waals surface area contributed by atoms with Crippen molar-refractivity contribution in [3.8, 4) is 0 Å². The third kappa shape index (κ3) is 4.16. The van der Waals surface area contributed by atoms with Crippen LogP contribution in [0.15, 0.2) is 0 Å². The fraction of sp³-hybridized carbons (Fsp3) is 1.00. The Kier molecular flexibility index (Phi) is 7.03. The van der Waals surface area contributed by atoms with E-state index in [1.54, 1.807) is 0 Å². The summed E-state index contributed by atoms with van der Waals surface area (Å²) in [7, 11) is -1.88. The molecule has 0 rings (SSSR count). The van der Waals surface area contributed by atoms with Crippen LogP contribution in [-0.4, -0.2) is 58.6 Å². The first-order chi connectivity index (χ1) is 11.6. The fourth-order valence-electron chi connectivity index (χ4n) is 1.63. The van der Waals surface area contributed by atoms with Crippen molar-refractivity contribution in [3.63, 3.8) is 0 Å². The van der Waals surface area contributed by atoms with E-state index in [0.29, 0.717) is 0 Å². The molecule has 0 radical (unpaired) electrons. The van der Waals surface area contributed by atoms with Crippen molar-refractivity contribution in [2.24, 2.45) is 0 Å². The van der Waals surface area contributed by atoms with Crippen molar-refractivity contribution < 1.29 is 65.9 Å². The summed E-state index contributed by atoms with van der Waals surface area (Å²) < 4.78 is 177. The largest absolute Gasteiger partial charge is 0.460 e. The highest BCUT2D eigenvalue weighted by Gasteiger charge is 2.90. The first kappa shape index (κ1) is 26.2. The number of alkyl halides is 13. The summed E-state index contributed by atoms with van der Waals surface area (Å²) in [5.74, 6) is -36.7. The Morgan fingerprint density at radius 1 is 0.593 bits per heavy atom. The smallest absolute Gasteiger partial charge is 0.398 e. The molecule has 0 aliphatic heterocycles. The topological polar surface area (TPSA) is 18.5 Å². The van der Waals surface area contributed by atoms with Crippen LogP contribution in [0.4, 0.5) is 57.1 Å². The van der Waals surface area contributed by atoms with Gasteiger partial charge in [-0.15, -0.1) is 0 Å². The minimum Gasteiger partial charge on any atom is -0.398 e. The summed E-state index contributed by atoms with van der Waals surface area (Å²) in [4.78, 5) is 0. The van der Waals surface area contributed by atoms with Gasteiger partial charge in [0, 0.05) is 20.6 Å². The predicted octanol–water partition coefficient (Wildman–Crippen LogP) is 5.48. The average molecular weight is 452 g/mol.